The van der Waals surface area contributed by atoms with E-state index in [1.54, 1.807) is 24.3 Å². The van der Waals surface area contributed by atoms with Crippen LogP contribution in [0.1, 0.15) is 13.8 Å². The Kier molecular flexibility index (Phi) is 3.84. The molecule has 1 aromatic rings. The van der Waals surface area contributed by atoms with Crippen LogP contribution < -0.4 is 4.74 Å². The van der Waals surface area contributed by atoms with Crippen molar-refractivity contribution in [2.45, 2.75) is 25.7 Å². The van der Waals surface area contributed by atoms with Crippen LogP contribution in [0, 0.1) is 0 Å². The molecule has 0 aliphatic carbocycles. The van der Waals surface area contributed by atoms with Crippen LogP contribution in [0.15, 0.2) is 30.3 Å². The molecular weight excluding hydrogens is 236 g/mol. The van der Waals surface area contributed by atoms with Crippen molar-refractivity contribution in [2.24, 2.45) is 0 Å². The van der Waals surface area contributed by atoms with E-state index < -0.39 is 11.9 Å². The van der Waals surface area contributed by atoms with Crippen LogP contribution in [0.4, 0.5) is 4.79 Å². The SMILES string of the molecule is CC1(C)OCC(COC(=O)Oc2ccccc2)O1. The quantitative estimate of drug-likeness (QED) is 0.610. The molecule has 0 spiro atoms. The van der Waals surface area contributed by atoms with E-state index in [2.05, 4.69) is 0 Å². The zero-order valence-electron chi connectivity index (χ0n) is 10.4. The number of hydrogen-bond donors (Lipinski definition) is 0. The molecule has 1 saturated heterocycles. The number of ether oxygens (including phenoxy) is 4. The maximum Gasteiger partial charge on any atom is 0.513 e. The first-order valence-corrected chi connectivity index (χ1v) is 5.76. The predicted molar refractivity (Wildman–Crippen MR) is 63.3 cm³/mol. The van der Waals surface area contributed by atoms with E-state index in [0.717, 1.165) is 0 Å². The summed E-state index contributed by atoms with van der Waals surface area (Å²) < 4.78 is 20.8. The van der Waals surface area contributed by atoms with E-state index >= 15 is 0 Å². The van der Waals surface area contributed by atoms with E-state index in [9.17, 15) is 4.79 Å². The first-order valence-electron chi connectivity index (χ1n) is 5.76. The van der Waals surface area contributed by atoms with E-state index in [-0.39, 0.29) is 12.7 Å². The molecule has 0 saturated carbocycles. The van der Waals surface area contributed by atoms with Crippen molar-refractivity contribution < 1.29 is 23.7 Å². The minimum absolute atomic E-state index is 0.120. The minimum atomic E-state index is -0.741. The lowest BCUT2D eigenvalue weighted by Crippen LogP contribution is -2.25. The van der Waals surface area contributed by atoms with Gasteiger partial charge in [0.15, 0.2) is 5.79 Å². The number of carbonyl (C=O) groups excluding carboxylic acids is 1. The third-order valence-electron chi connectivity index (χ3n) is 2.40. The van der Waals surface area contributed by atoms with E-state index in [4.69, 9.17) is 18.9 Å². The fourth-order valence-electron chi connectivity index (χ4n) is 1.62. The highest BCUT2D eigenvalue weighted by Gasteiger charge is 2.33. The molecule has 1 aromatic carbocycles. The van der Waals surface area contributed by atoms with Crippen LogP contribution in [0.2, 0.25) is 0 Å². The second kappa shape index (κ2) is 5.37. The fraction of sp³-hybridized carbons (Fsp3) is 0.462. The van der Waals surface area contributed by atoms with Crippen molar-refractivity contribution >= 4 is 6.16 Å². The molecule has 0 radical (unpaired) electrons. The summed E-state index contributed by atoms with van der Waals surface area (Å²) in [4.78, 5) is 11.4. The van der Waals surface area contributed by atoms with Crippen LogP contribution in [0.3, 0.4) is 0 Å². The van der Waals surface area contributed by atoms with Gasteiger partial charge in [0.1, 0.15) is 18.5 Å². The summed E-state index contributed by atoms with van der Waals surface area (Å²) in [6.07, 6.45) is -0.988. The average Bonchev–Trinajstić information content (AvgIpc) is 2.68. The van der Waals surface area contributed by atoms with Crippen molar-refractivity contribution in [3.05, 3.63) is 30.3 Å². The Balaban J connectivity index is 1.73. The number of hydrogen-bond acceptors (Lipinski definition) is 5. The first kappa shape index (κ1) is 12.9. The smallest absolute Gasteiger partial charge is 0.431 e. The Morgan fingerprint density at radius 1 is 1.39 bits per heavy atom. The third-order valence-corrected chi connectivity index (χ3v) is 2.40. The van der Waals surface area contributed by atoms with Gasteiger partial charge in [-0.15, -0.1) is 0 Å². The Hall–Kier alpha value is -1.59. The van der Waals surface area contributed by atoms with Gasteiger partial charge >= 0.3 is 6.16 Å². The molecule has 1 unspecified atom stereocenters. The second-order valence-electron chi connectivity index (χ2n) is 4.43. The Morgan fingerprint density at radius 2 is 2.11 bits per heavy atom. The highest BCUT2D eigenvalue weighted by atomic mass is 16.8. The Morgan fingerprint density at radius 3 is 2.72 bits per heavy atom. The summed E-state index contributed by atoms with van der Waals surface area (Å²) >= 11 is 0. The van der Waals surface area contributed by atoms with Gasteiger partial charge in [-0.05, 0) is 26.0 Å². The van der Waals surface area contributed by atoms with Crippen molar-refractivity contribution in [2.75, 3.05) is 13.2 Å². The summed E-state index contributed by atoms with van der Waals surface area (Å²) in [7, 11) is 0. The molecule has 1 atom stereocenters. The largest absolute Gasteiger partial charge is 0.513 e. The zero-order valence-corrected chi connectivity index (χ0v) is 10.4. The summed E-state index contributed by atoms with van der Waals surface area (Å²) in [5.41, 5.74) is 0. The molecule has 5 nitrogen and oxygen atoms in total. The summed E-state index contributed by atoms with van der Waals surface area (Å²) in [5.74, 6) is -0.163. The normalized spacial score (nSPS) is 21.6. The summed E-state index contributed by atoms with van der Waals surface area (Å²) in [6.45, 7) is 4.16. The maximum atomic E-state index is 11.4. The van der Waals surface area contributed by atoms with Crippen LogP contribution in [-0.4, -0.2) is 31.3 Å². The lowest BCUT2D eigenvalue weighted by Gasteiger charge is -2.16. The highest BCUT2D eigenvalue weighted by molar-refractivity contribution is 5.63. The van der Waals surface area contributed by atoms with Gasteiger partial charge in [-0.25, -0.2) is 4.79 Å². The van der Waals surface area contributed by atoms with E-state index in [1.807, 2.05) is 19.9 Å². The van der Waals surface area contributed by atoms with Gasteiger partial charge in [-0.3, -0.25) is 0 Å². The highest BCUT2D eigenvalue weighted by Crippen LogP contribution is 2.22. The van der Waals surface area contributed by atoms with Crippen molar-refractivity contribution in [1.82, 2.24) is 0 Å². The monoisotopic (exact) mass is 252 g/mol. The van der Waals surface area contributed by atoms with Gasteiger partial charge < -0.3 is 18.9 Å². The van der Waals surface area contributed by atoms with Gasteiger partial charge in [0, 0.05) is 0 Å². The average molecular weight is 252 g/mol. The van der Waals surface area contributed by atoms with Gasteiger partial charge in [0.2, 0.25) is 0 Å². The molecule has 0 bridgehead atoms. The van der Waals surface area contributed by atoms with Crippen LogP contribution >= 0.6 is 0 Å². The lowest BCUT2D eigenvalue weighted by atomic mass is 10.3. The molecule has 18 heavy (non-hydrogen) atoms. The number of rotatable bonds is 3. The van der Waals surface area contributed by atoms with Gasteiger partial charge in [0.25, 0.3) is 0 Å². The van der Waals surface area contributed by atoms with Crippen LogP contribution in [-0.2, 0) is 14.2 Å². The molecule has 5 heteroatoms. The molecule has 98 valence electrons. The molecule has 0 N–H and O–H groups in total. The third kappa shape index (κ3) is 3.72. The molecule has 1 fully saturated rings. The van der Waals surface area contributed by atoms with Crippen LogP contribution in [0.25, 0.3) is 0 Å². The lowest BCUT2D eigenvalue weighted by molar-refractivity contribution is -0.143. The molecule has 0 amide bonds. The fourth-order valence-corrected chi connectivity index (χ4v) is 1.62. The molecule has 0 aromatic heterocycles. The summed E-state index contributed by atoms with van der Waals surface area (Å²) in [6, 6.07) is 8.75. The number of benzene rings is 1. The number of para-hydroxylation sites is 1. The molecule has 1 heterocycles. The molecule has 1 aliphatic rings. The minimum Gasteiger partial charge on any atom is -0.431 e. The topological polar surface area (TPSA) is 54.0 Å². The van der Waals surface area contributed by atoms with Gasteiger partial charge in [-0.1, -0.05) is 18.2 Å². The Labute approximate surface area is 106 Å². The Bertz CT molecular complexity index is 401. The number of carbonyl (C=O) groups is 1. The van der Waals surface area contributed by atoms with Crippen LogP contribution in [0.5, 0.6) is 5.75 Å². The maximum absolute atomic E-state index is 11.4. The molecule has 1 aliphatic heterocycles. The zero-order chi connectivity index (χ0) is 13.0. The van der Waals surface area contributed by atoms with E-state index in [0.29, 0.717) is 12.4 Å². The van der Waals surface area contributed by atoms with E-state index in [1.165, 1.54) is 0 Å². The molecular formula is C13H16O5. The van der Waals surface area contributed by atoms with Crippen molar-refractivity contribution in [3.63, 3.8) is 0 Å². The molecule has 2 rings (SSSR count). The van der Waals surface area contributed by atoms with Gasteiger partial charge in [-0.2, -0.15) is 0 Å². The van der Waals surface area contributed by atoms with Crippen molar-refractivity contribution in [3.8, 4) is 5.75 Å². The van der Waals surface area contributed by atoms with Gasteiger partial charge in [0.05, 0.1) is 6.61 Å². The van der Waals surface area contributed by atoms with Crippen molar-refractivity contribution in [1.29, 1.82) is 0 Å². The second-order valence-corrected chi connectivity index (χ2v) is 4.43. The predicted octanol–water partition coefficient (Wildman–Crippen LogP) is 2.35. The first-order chi connectivity index (χ1) is 8.55. The summed E-state index contributed by atoms with van der Waals surface area (Å²) in [5, 5.41) is 0. The standard InChI is InChI=1S/C13H16O5/c1-13(2)16-9-11(18-13)8-15-12(14)17-10-6-4-3-5-7-10/h3-7,11H,8-9H2,1-2H3.